The second-order valence-electron chi connectivity index (χ2n) is 18.1. The Bertz CT molecular complexity index is 4190. The highest BCUT2D eigenvalue weighted by atomic mass is 79.9. The van der Waals surface area contributed by atoms with Crippen LogP contribution in [-0.2, 0) is 28.0 Å². The molecule has 0 radical (unpaired) electrons. The molecule has 0 unspecified atom stereocenters. The predicted octanol–water partition coefficient (Wildman–Crippen LogP) is 9.44. The predicted molar refractivity (Wildman–Crippen MR) is 332 cm³/mol. The van der Waals surface area contributed by atoms with Gasteiger partial charge in [-0.15, -0.1) is 0 Å². The van der Waals surface area contributed by atoms with Crippen LogP contribution in [0.2, 0.25) is 10.0 Å². The molecule has 82 heavy (non-hydrogen) atoms. The van der Waals surface area contributed by atoms with Crippen molar-refractivity contribution in [3.8, 4) is 22.5 Å². The average molecular weight is 1250 g/mol. The van der Waals surface area contributed by atoms with E-state index in [1.807, 2.05) is 123 Å². The summed E-state index contributed by atoms with van der Waals surface area (Å²) in [4.78, 5) is 44.1. The normalized spacial score (nSPS) is 11.6. The number of rotatable bonds is 13. The zero-order valence-electron chi connectivity index (χ0n) is 44.2. The van der Waals surface area contributed by atoms with E-state index in [0.29, 0.717) is 42.6 Å². The highest BCUT2D eigenvalue weighted by Crippen LogP contribution is 2.33. The molecule has 25 heteroatoms. The van der Waals surface area contributed by atoms with Gasteiger partial charge in [-0.3, -0.25) is 23.4 Å². The number of nitrogens with one attached hydrogen (secondary N) is 3. The molecule has 2 atom stereocenters. The summed E-state index contributed by atoms with van der Waals surface area (Å²) in [5.74, 6) is 1.48. The van der Waals surface area contributed by atoms with Gasteiger partial charge in [0.2, 0.25) is 21.9 Å². The van der Waals surface area contributed by atoms with Gasteiger partial charge >= 0.3 is 18.7 Å². The summed E-state index contributed by atoms with van der Waals surface area (Å²) in [6, 6.07) is 47.5. The Balaban J connectivity index is 0.000000187. The number of fused-ring (bicyclic) bond motifs is 2. The maximum atomic E-state index is 13.7. The van der Waals surface area contributed by atoms with Crippen molar-refractivity contribution in [1.82, 2.24) is 29.1 Å². The number of aryl methyl sites for hydroxylation is 1. The molecular formula is C57H53BBrCl2N11O8S2. The molecule has 10 aromatic rings. The van der Waals surface area contributed by atoms with Crippen LogP contribution < -0.4 is 43.4 Å². The van der Waals surface area contributed by atoms with Crippen molar-refractivity contribution in [3.05, 3.63) is 222 Å². The van der Waals surface area contributed by atoms with Gasteiger partial charge in [0.15, 0.2) is 0 Å². The fourth-order valence-electron chi connectivity index (χ4n) is 8.70. The Kier molecular flexibility index (Phi) is 20.9. The summed E-state index contributed by atoms with van der Waals surface area (Å²) in [7, 11) is -4.93. The van der Waals surface area contributed by atoms with Crippen molar-refractivity contribution in [2.24, 2.45) is 0 Å². The van der Waals surface area contributed by atoms with Crippen LogP contribution in [0, 0.1) is 0 Å². The maximum absolute atomic E-state index is 13.7. The Morgan fingerprint density at radius 1 is 0.659 bits per heavy atom. The first-order chi connectivity index (χ1) is 39.2. The lowest BCUT2D eigenvalue weighted by Gasteiger charge is -2.23. The van der Waals surface area contributed by atoms with Crippen LogP contribution in [0.5, 0.6) is 0 Å². The number of nitrogen functional groups attached to an aromatic ring is 2. The fraction of sp³-hybridized carbons (Fsp3) is 0.123. The van der Waals surface area contributed by atoms with Gasteiger partial charge in [0.25, 0.3) is 11.1 Å². The summed E-state index contributed by atoms with van der Waals surface area (Å²) in [5, 5.41) is 27.8. The standard InChI is InChI=1S/C29H26ClN5O.C21H17BrClN5O.C7H10BNO4S.O2S/c1-3-19-9-7-10-20(15-19)23-17-32-29(31)34-27(23)33-18(2)25-16-21-11-8-14-24(30)26(21)28(36)35(25)22-12-5-4-6-13-22;1-12(26-19-15(22)11-25-21(24)27-19)17-10-13-6-5-9-16(23)18(13)20(29)28(17)14-7-3-2-4-8-14;1-14(12,13)9-7-4-2-3-6(5-7)8(10)11;1-3-2/h4-18H,3H2,1-2H3,(H3,31,32,33,34);2-12H,1H3,(H3,24,25,26,27);2-5,9-11H,1H3;/t18-;12-;;/m00../s1. The summed E-state index contributed by atoms with van der Waals surface area (Å²) in [6.45, 7) is 6.07. The third kappa shape index (κ3) is 15.4. The van der Waals surface area contributed by atoms with E-state index in [1.54, 1.807) is 33.7 Å². The van der Waals surface area contributed by atoms with Gasteiger partial charge in [0, 0.05) is 46.4 Å². The molecule has 19 nitrogen and oxygen atoms in total. The van der Waals surface area contributed by atoms with E-state index in [2.05, 4.69) is 70.3 Å². The Hall–Kier alpha value is -8.29. The number of sulfonamides is 1. The van der Waals surface area contributed by atoms with Gasteiger partial charge in [-0.05, 0) is 124 Å². The zero-order chi connectivity index (χ0) is 59.3. The molecule has 0 saturated carbocycles. The Labute approximate surface area is 494 Å². The number of hydrogen-bond acceptors (Lipinski definition) is 16. The van der Waals surface area contributed by atoms with Crippen molar-refractivity contribution in [3.63, 3.8) is 0 Å². The fourth-order valence-corrected chi connectivity index (χ4v) is 10.1. The van der Waals surface area contributed by atoms with Crippen molar-refractivity contribution in [2.75, 3.05) is 33.1 Å². The number of aromatic nitrogens is 6. The van der Waals surface area contributed by atoms with Crippen LogP contribution in [0.4, 0.5) is 29.2 Å². The van der Waals surface area contributed by atoms with E-state index < -0.39 is 28.7 Å². The van der Waals surface area contributed by atoms with Gasteiger partial charge in [0.1, 0.15) is 11.6 Å². The van der Waals surface area contributed by atoms with E-state index in [-0.39, 0.29) is 40.6 Å². The summed E-state index contributed by atoms with van der Waals surface area (Å²) < 4.78 is 44.6. The molecule has 4 heterocycles. The maximum Gasteiger partial charge on any atom is 0.488 e. The molecule has 0 bridgehead atoms. The van der Waals surface area contributed by atoms with E-state index in [4.69, 9.17) is 53.1 Å². The third-order valence-electron chi connectivity index (χ3n) is 12.4. The summed E-state index contributed by atoms with van der Waals surface area (Å²) >= 11 is 15.5. The molecule has 10 rings (SSSR count). The number of halogens is 3. The zero-order valence-corrected chi connectivity index (χ0v) is 49.0. The van der Waals surface area contributed by atoms with Gasteiger partial charge < -0.3 is 32.1 Å². The largest absolute Gasteiger partial charge is 0.488 e. The van der Waals surface area contributed by atoms with Crippen LogP contribution in [0.3, 0.4) is 0 Å². The molecule has 0 spiro atoms. The van der Waals surface area contributed by atoms with Crippen LogP contribution in [0.25, 0.3) is 44.0 Å². The van der Waals surface area contributed by atoms with E-state index in [1.165, 1.54) is 29.8 Å². The van der Waals surface area contributed by atoms with Gasteiger partial charge in [0.05, 0.1) is 43.6 Å². The lowest BCUT2D eigenvalue weighted by Crippen LogP contribution is -2.29. The lowest BCUT2D eigenvalue weighted by molar-refractivity contribution is 0.426. The number of para-hydroxylation sites is 2. The molecule has 0 fully saturated rings. The summed E-state index contributed by atoms with van der Waals surface area (Å²) in [6.07, 6.45) is 5.26. The number of benzene rings is 6. The topological polar surface area (TPSA) is 292 Å². The first-order valence-corrected chi connectivity index (χ1v) is 29.0. The number of nitrogens with two attached hydrogens (primary N) is 2. The smallest absolute Gasteiger partial charge is 0.423 e. The van der Waals surface area contributed by atoms with Gasteiger partial charge in [-0.1, -0.05) is 127 Å². The van der Waals surface area contributed by atoms with Crippen LogP contribution in [-0.4, -0.2) is 69.3 Å². The summed E-state index contributed by atoms with van der Waals surface area (Å²) in [5.41, 5.74) is 18.0. The molecule has 0 amide bonds. The highest BCUT2D eigenvalue weighted by Gasteiger charge is 2.22. The number of nitrogens with zero attached hydrogens (tertiary/aromatic N) is 6. The van der Waals surface area contributed by atoms with Crippen molar-refractivity contribution in [2.45, 2.75) is 39.3 Å². The van der Waals surface area contributed by atoms with Crippen LogP contribution in [0.15, 0.2) is 184 Å². The van der Waals surface area contributed by atoms with E-state index in [0.717, 1.165) is 57.3 Å². The molecule has 0 aliphatic rings. The molecule has 6 aromatic carbocycles. The highest BCUT2D eigenvalue weighted by molar-refractivity contribution is 9.10. The average Bonchev–Trinajstić information content (AvgIpc) is 3.53. The van der Waals surface area contributed by atoms with Gasteiger partial charge in [-0.25, -0.2) is 18.4 Å². The number of hydrogen-bond donors (Lipinski definition) is 7. The van der Waals surface area contributed by atoms with Gasteiger partial charge in [-0.2, -0.15) is 18.4 Å². The number of anilines is 5. The molecule has 420 valence electrons. The lowest BCUT2D eigenvalue weighted by atomic mass is 9.80. The van der Waals surface area contributed by atoms with E-state index >= 15 is 0 Å². The minimum atomic E-state index is -3.33. The molecule has 0 saturated heterocycles. The molecule has 4 aromatic heterocycles. The monoisotopic (exact) mass is 1240 g/mol. The third-order valence-corrected chi connectivity index (χ3v) is 14.2. The van der Waals surface area contributed by atoms with E-state index in [9.17, 15) is 18.0 Å². The first kappa shape index (κ1) is 61.3. The second-order valence-corrected chi connectivity index (χ2v) is 21.7. The van der Waals surface area contributed by atoms with Crippen LogP contribution >= 0.6 is 39.1 Å². The van der Waals surface area contributed by atoms with Crippen molar-refractivity contribution >= 4 is 124 Å². The Morgan fingerprint density at radius 2 is 1.13 bits per heavy atom. The number of pyridine rings is 2. The van der Waals surface area contributed by atoms with Crippen molar-refractivity contribution < 1.29 is 26.9 Å². The minimum Gasteiger partial charge on any atom is -0.423 e. The van der Waals surface area contributed by atoms with Crippen LogP contribution in [0.1, 0.15) is 49.8 Å². The quantitative estimate of drug-likeness (QED) is 0.0529. The SMILES string of the molecule is CCc1cccc(-c2cnc(N)nc2N[C@@H](C)c2cc3cccc(Cl)c3c(=O)n2-c2ccccc2)c1.CS(=O)(=O)Nc1cccc(B(O)O)c1.C[C@H](Nc1nc(N)ncc1Br)c1cc2cccc(Cl)c2c(=O)n1-c1ccccc1.O=S=O. The Morgan fingerprint density at radius 3 is 1.63 bits per heavy atom. The molecular weight excluding hydrogens is 1190 g/mol. The molecule has 0 aliphatic heterocycles. The second kappa shape index (κ2) is 27.9. The van der Waals surface area contributed by atoms with Crippen molar-refractivity contribution in [1.29, 1.82) is 0 Å². The molecule has 0 aliphatic carbocycles. The minimum absolute atomic E-state index is 0.161. The first-order valence-electron chi connectivity index (χ1n) is 24.9. The molecule has 9 N–H and O–H groups in total.